The standard InChI is InChI=1S/C110H71BN2O/c1-9-33-72(34-10-1)84-52-31-53-85(73-35-11-2-12-36-73)105(84)112-100-69-78(76-59-63-96-91(67-76)88-49-25-28-56-94(88)109(96,80-41-17-5-18-42-80)81-43-19-6-20-44-81)61-65-98(100)111-99-66-62-79(77-60-64-97-92(68-77)89-50-26-29-57-95(89)110(97,82-45-21-7-22-46-82)83-47-23-8-24-48-83)70-101(99)113(107-104(111)102(112)71-93-90-51-27-30-58-103(90)114-108(93)107)106-86(74-37-13-3-14-38-74)54-32-55-87(106)75-39-15-4-16-40-75/h1-71H. The second kappa shape index (κ2) is 26.0. The zero-order valence-electron chi connectivity index (χ0n) is 62.4. The Kier molecular flexibility index (Phi) is 14.9. The van der Waals surface area contributed by atoms with Crippen LogP contribution in [0.25, 0.3) is 111 Å². The SMILES string of the molecule is c1ccc(-c2cccc(-c3ccccc3)c2N2c3cc(-c4ccc5c(c4)-c4ccccc4C5(c4ccccc4)c4ccccc4)ccc3B3c4ccc(-c5ccc6c(c5)-c5ccccc5C6(c5ccccc5)c5ccccc5)cc4N(c4c(-c5ccccc5)cccc4-c4ccccc4)c4c3c2cc2c4oc3ccccc32)cc1. The summed E-state index contributed by atoms with van der Waals surface area (Å²) in [6.45, 7) is -0.324. The fraction of sp³-hybridized carbons (Fsp3) is 0.0182. The lowest BCUT2D eigenvalue weighted by Gasteiger charge is -2.45. The Morgan fingerprint density at radius 3 is 0.956 bits per heavy atom. The number of nitrogens with zero attached hydrogens (tertiary/aromatic N) is 2. The van der Waals surface area contributed by atoms with Gasteiger partial charge in [-0.15, -0.1) is 0 Å². The highest BCUT2D eigenvalue weighted by Crippen LogP contribution is 2.61. The molecule has 0 amide bonds. The van der Waals surface area contributed by atoms with E-state index in [1.54, 1.807) is 0 Å². The van der Waals surface area contributed by atoms with Gasteiger partial charge in [0.05, 0.1) is 27.9 Å². The van der Waals surface area contributed by atoms with Crippen LogP contribution in [0, 0.1) is 0 Å². The third-order valence-electron chi connectivity index (χ3n) is 25.0. The number of benzene rings is 18. The summed E-state index contributed by atoms with van der Waals surface area (Å²) >= 11 is 0. The van der Waals surface area contributed by atoms with Crippen molar-refractivity contribution < 1.29 is 4.42 Å². The minimum atomic E-state index is -0.553. The van der Waals surface area contributed by atoms with Gasteiger partial charge in [-0.05, 0) is 164 Å². The van der Waals surface area contributed by atoms with E-state index in [2.05, 4.69) is 441 Å². The molecule has 0 bridgehead atoms. The molecule has 2 aliphatic heterocycles. The van der Waals surface area contributed by atoms with Gasteiger partial charge in [-0.1, -0.05) is 394 Å². The van der Waals surface area contributed by atoms with Crippen LogP contribution in [-0.4, -0.2) is 6.71 Å². The fourth-order valence-electron chi connectivity index (χ4n) is 20.3. The zero-order valence-corrected chi connectivity index (χ0v) is 62.4. The van der Waals surface area contributed by atoms with E-state index in [0.717, 1.165) is 128 Å². The summed E-state index contributed by atoms with van der Waals surface area (Å²) in [5, 5.41) is 2.07. The molecule has 0 unspecified atom stereocenters. The van der Waals surface area contributed by atoms with Gasteiger partial charge in [0.2, 0.25) is 0 Å². The van der Waals surface area contributed by atoms with Gasteiger partial charge in [-0.3, -0.25) is 0 Å². The summed E-state index contributed by atoms with van der Waals surface area (Å²) in [5.41, 5.74) is 38.9. The molecule has 3 heterocycles. The van der Waals surface area contributed by atoms with Gasteiger partial charge in [0.25, 0.3) is 6.71 Å². The number of furan rings is 1. The van der Waals surface area contributed by atoms with Gasteiger partial charge in [-0.2, -0.15) is 0 Å². The predicted octanol–water partition coefficient (Wildman–Crippen LogP) is 26.4. The lowest BCUT2D eigenvalue weighted by Crippen LogP contribution is -2.61. The average molecular weight is 1450 g/mol. The zero-order chi connectivity index (χ0) is 75.0. The van der Waals surface area contributed by atoms with Crippen molar-refractivity contribution in [1.82, 2.24) is 0 Å². The monoisotopic (exact) mass is 1450 g/mol. The van der Waals surface area contributed by atoms with Crippen LogP contribution in [0.5, 0.6) is 0 Å². The molecule has 19 aromatic rings. The van der Waals surface area contributed by atoms with Gasteiger partial charge < -0.3 is 14.2 Å². The summed E-state index contributed by atoms with van der Waals surface area (Å²) in [4.78, 5) is 5.32. The van der Waals surface area contributed by atoms with Crippen LogP contribution in [0.1, 0.15) is 44.5 Å². The maximum absolute atomic E-state index is 7.74. The van der Waals surface area contributed by atoms with Crippen molar-refractivity contribution in [3.05, 3.63) is 475 Å². The van der Waals surface area contributed by atoms with E-state index in [1.165, 1.54) is 77.7 Å². The molecular weight excluding hydrogens is 1380 g/mol. The molecule has 0 spiro atoms. The van der Waals surface area contributed by atoms with Crippen molar-refractivity contribution in [1.29, 1.82) is 0 Å². The van der Waals surface area contributed by atoms with Crippen LogP contribution in [0.2, 0.25) is 0 Å². The number of anilines is 6. The maximum Gasteiger partial charge on any atom is 0.252 e. The van der Waals surface area contributed by atoms with E-state index >= 15 is 0 Å². The molecule has 0 radical (unpaired) electrons. The van der Waals surface area contributed by atoms with Crippen molar-refractivity contribution in [3.63, 3.8) is 0 Å². The molecule has 1 aromatic heterocycles. The number of hydrogen-bond donors (Lipinski definition) is 0. The molecule has 0 fully saturated rings. The Balaban J connectivity index is 0.834. The molecule has 0 saturated heterocycles. The first-order valence-corrected chi connectivity index (χ1v) is 39.7. The van der Waals surface area contributed by atoms with Crippen molar-refractivity contribution >= 4 is 79.2 Å². The van der Waals surface area contributed by atoms with Gasteiger partial charge >= 0.3 is 0 Å². The maximum atomic E-state index is 7.74. The lowest BCUT2D eigenvalue weighted by atomic mass is 9.33. The van der Waals surface area contributed by atoms with E-state index in [9.17, 15) is 0 Å². The van der Waals surface area contributed by atoms with Gasteiger partial charge in [-0.25, -0.2) is 0 Å². The van der Waals surface area contributed by atoms with Crippen LogP contribution < -0.4 is 26.2 Å². The molecule has 0 N–H and O–H groups in total. The number of para-hydroxylation sites is 3. The lowest BCUT2D eigenvalue weighted by molar-refractivity contribution is 0.669. The third kappa shape index (κ3) is 9.65. The minimum absolute atomic E-state index is 0.324. The first-order valence-electron chi connectivity index (χ1n) is 39.7. The van der Waals surface area contributed by atoms with Crippen molar-refractivity contribution in [3.8, 4) is 89.0 Å². The summed E-state index contributed by atoms with van der Waals surface area (Å²) < 4.78 is 7.74. The Morgan fingerprint density at radius 2 is 0.535 bits per heavy atom. The smallest absolute Gasteiger partial charge is 0.252 e. The van der Waals surface area contributed by atoms with Gasteiger partial charge in [0, 0.05) is 50.1 Å². The number of hydrogen-bond acceptors (Lipinski definition) is 3. The molecule has 3 nitrogen and oxygen atoms in total. The summed E-state index contributed by atoms with van der Waals surface area (Å²) in [5.74, 6) is 0. The largest absolute Gasteiger partial charge is 0.454 e. The highest BCUT2D eigenvalue weighted by molar-refractivity contribution is 7.00. The fourth-order valence-corrected chi connectivity index (χ4v) is 20.3. The van der Waals surface area contributed by atoms with E-state index in [0.29, 0.717) is 0 Å². The van der Waals surface area contributed by atoms with Crippen LogP contribution in [0.4, 0.5) is 34.1 Å². The molecule has 18 aromatic carbocycles. The van der Waals surface area contributed by atoms with Crippen molar-refractivity contribution in [2.24, 2.45) is 0 Å². The van der Waals surface area contributed by atoms with Crippen LogP contribution in [0.3, 0.4) is 0 Å². The molecule has 4 heteroatoms. The molecule has 0 saturated carbocycles. The molecule has 23 rings (SSSR count). The number of fused-ring (bicyclic) bond motifs is 14. The van der Waals surface area contributed by atoms with Crippen LogP contribution >= 0.6 is 0 Å². The first kappa shape index (κ1) is 65.3. The van der Waals surface area contributed by atoms with E-state index in [1.807, 2.05) is 0 Å². The highest BCUT2D eigenvalue weighted by Gasteiger charge is 2.50. The molecule has 114 heavy (non-hydrogen) atoms. The van der Waals surface area contributed by atoms with Crippen LogP contribution in [0.15, 0.2) is 435 Å². The quantitative estimate of drug-likeness (QED) is 0.114. The Labute approximate surface area is 664 Å². The Hall–Kier alpha value is -14.6. The van der Waals surface area contributed by atoms with E-state index < -0.39 is 10.8 Å². The van der Waals surface area contributed by atoms with E-state index in [-0.39, 0.29) is 6.71 Å². The minimum Gasteiger partial charge on any atom is -0.454 e. The summed E-state index contributed by atoms with van der Waals surface area (Å²) in [6.07, 6.45) is 0. The Bertz CT molecular complexity index is 6820. The predicted molar refractivity (Wildman–Crippen MR) is 475 cm³/mol. The van der Waals surface area contributed by atoms with Crippen molar-refractivity contribution in [2.75, 3.05) is 9.80 Å². The second-order valence-corrected chi connectivity index (χ2v) is 30.7. The average Bonchev–Trinajstić information content (AvgIpc) is 1.10. The molecule has 530 valence electrons. The summed E-state index contributed by atoms with van der Waals surface area (Å²) in [6, 6.07) is 161. The third-order valence-corrected chi connectivity index (χ3v) is 25.0. The summed E-state index contributed by atoms with van der Waals surface area (Å²) in [7, 11) is 0. The van der Waals surface area contributed by atoms with Gasteiger partial charge in [0.1, 0.15) is 5.58 Å². The molecule has 0 atom stereocenters. The topological polar surface area (TPSA) is 19.6 Å². The Morgan fingerprint density at radius 1 is 0.211 bits per heavy atom. The molecule has 4 aliphatic rings. The van der Waals surface area contributed by atoms with E-state index in [4.69, 9.17) is 4.42 Å². The normalized spacial score (nSPS) is 13.5. The molecule has 2 aliphatic carbocycles. The van der Waals surface area contributed by atoms with Crippen molar-refractivity contribution in [2.45, 2.75) is 10.8 Å². The highest BCUT2D eigenvalue weighted by atomic mass is 16.3. The first-order chi connectivity index (χ1) is 56.6. The number of rotatable bonds is 12. The second-order valence-electron chi connectivity index (χ2n) is 30.7. The van der Waals surface area contributed by atoms with Gasteiger partial charge in [0.15, 0.2) is 5.58 Å². The van der Waals surface area contributed by atoms with Crippen LogP contribution in [-0.2, 0) is 10.8 Å². The molecular formula is C110H71BN2O.